The van der Waals surface area contributed by atoms with Crippen LogP contribution >= 0.6 is 0 Å². The van der Waals surface area contributed by atoms with Gasteiger partial charge in [-0.05, 0) is 32.3 Å². The number of nitrogens with zero attached hydrogens (tertiary/aromatic N) is 2. The van der Waals surface area contributed by atoms with Gasteiger partial charge in [0.25, 0.3) is 0 Å². The average molecular weight is 226 g/mol. The van der Waals surface area contributed by atoms with Gasteiger partial charge in [0.1, 0.15) is 0 Å². The van der Waals surface area contributed by atoms with Crippen molar-refractivity contribution in [2.75, 3.05) is 6.61 Å². The number of aromatic nitrogens is 2. The number of hydrogen-bond acceptors (Lipinski definition) is 3. The van der Waals surface area contributed by atoms with Crippen molar-refractivity contribution in [3.05, 3.63) is 18.0 Å². The Kier molecular flexibility index (Phi) is 5.49. The summed E-state index contributed by atoms with van der Waals surface area (Å²) in [7, 11) is 0. The molecule has 4 heteroatoms. The van der Waals surface area contributed by atoms with Gasteiger partial charge in [-0.25, -0.2) is 0 Å². The van der Waals surface area contributed by atoms with Gasteiger partial charge in [-0.1, -0.05) is 6.92 Å². The fraction of sp³-hybridized carbons (Fsp3) is 0.750. The van der Waals surface area contributed by atoms with Crippen LogP contribution in [-0.4, -0.2) is 32.7 Å². The average Bonchev–Trinajstić information content (AvgIpc) is 2.73. The van der Waals surface area contributed by atoms with Crippen molar-refractivity contribution in [3.8, 4) is 0 Å². The second kappa shape index (κ2) is 6.66. The molecular weight excluding hydrogens is 204 g/mol. The van der Waals surface area contributed by atoms with Crippen LogP contribution in [0, 0.1) is 0 Å². The van der Waals surface area contributed by atoms with Crippen LogP contribution in [0.5, 0.6) is 0 Å². The second-order valence-electron chi connectivity index (χ2n) is 4.27. The van der Waals surface area contributed by atoms with Crippen molar-refractivity contribution in [3.63, 3.8) is 0 Å². The van der Waals surface area contributed by atoms with Gasteiger partial charge in [0.05, 0.1) is 11.8 Å². The Morgan fingerprint density at radius 1 is 1.50 bits per heavy atom. The highest BCUT2D eigenvalue weighted by molar-refractivity contribution is 5.01. The molecule has 0 spiro atoms. The van der Waals surface area contributed by atoms with Crippen molar-refractivity contribution in [2.24, 2.45) is 0 Å². The standard InChI is InChI=1S/C12H22N2O2/c1-3-10(2)14-7-6-11(13-14)9-12(16)5-4-8-15/h6-7,10,12,15-16H,3-5,8-9H2,1-2H3. The van der Waals surface area contributed by atoms with Gasteiger partial charge in [-0.3, -0.25) is 4.68 Å². The zero-order chi connectivity index (χ0) is 12.0. The Morgan fingerprint density at radius 2 is 2.25 bits per heavy atom. The molecule has 0 aromatic carbocycles. The summed E-state index contributed by atoms with van der Waals surface area (Å²) < 4.78 is 1.94. The molecule has 0 saturated heterocycles. The van der Waals surface area contributed by atoms with Crippen LogP contribution in [0.1, 0.15) is 44.8 Å². The highest BCUT2D eigenvalue weighted by atomic mass is 16.3. The van der Waals surface area contributed by atoms with Crippen molar-refractivity contribution < 1.29 is 10.2 Å². The lowest BCUT2D eigenvalue weighted by molar-refractivity contribution is 0.148. The molecule has 0 fully saturated rings. The minimum atomic E-state index is -0.396. The SMILES string of the molecule is CCC(C)n1ccc(CC(O)CCCO)n1. The van der Waals surface area contributed by atoms with Crippen LogP contribution in [-0.2, 0) is 6.42 Å². The molecular formula is C12H22N2O2. The van der Waals surface area contributed by atoms with Crippen LogP contribution in [0.25, 0.3) is 0 Å². The van der Waals surface area contributed by atoms with Crippen LogP contribution in [0.2, 0.25) is 0 Å². The zero-order valence-electron chi connectivity index (χ0n) is 10.1. The molecule has 4 nitrogen and oxygen atoms in total. The highest BCUT2D eigenvalue weighted by Crippen LogP contribution is 2.11. The lowest BCUT2D eigenvalue weighted by atomic mass is 10.1. The molecule has 0 aliphatic carbocycles. The first-order valence-electron chi connectivity index (χ1n) is 6.00. The summed E-state index contributed by atoms with van der Waals surface area (Å²) in [6.45, 7) is 4.39. The van der Waals surface area contributed by atoms with E-state index in [0.29, 0.717) is 25.3 Å². The first-order chi connectivity index (χ1) is 7.67. The van der Waals surface area contributed by atoms with E-state index in [1.807, 2.05) is 16.9 Å². The van der Waals surface area contributed by atoms with Crippen molar-refractivity contribution in [1.82, 2.24) is 9.78 Å². The predicted molar refractivity (Wildman–Crippen MR) is 63.3 cm³/mol. The van der Waals surface area contributed by atoms with E-state index in [9.17, 15) is 5.11 Å². The molecule has 0 aliphatic heterocycles. The molecule has 0 saturated carbocycles. The fourth-order valence-electron chi connectivity index (χ4n) is 1.59. The van der Waals surface area contributed by atoms with E-state index in [1.165, 1.54) is 0 Å². The summed E-state index contributed by atoms with van der Waals surface area (Å²) in [5.74, 6) is 0. The molecule has 1 heterocycles. The smallest absolute Gasteiger partial charge is 0.0650 e. The van der Waals surface area contributed by atoms with Gasteiger partial charge >= 0.3 is 0 Å². The quantitative estimate of drug-likeness (QED) is 0.741. The summed E-state index contributed by atoms with van der Waals surface area (Å²) in [4.78, 5) is 0. The number of rotatable bonds is 7. The Hall–Kier alpha value is -0.870. The molecule has 2 N–H and O–H groups in total. The van der Waals surface area contributed by atoms with Crippen molar-refractivity contribution in [1.29, 1.82) is 0 Å². The number of aliphatic hydroxyl groups excluding tert-OH is 2. The van der Waals surface area contributed by atoms with Crippen LogP contribution in [0.15, 0.2) is 12.3 Å². The van der Waals surface area contributed by atoms with E-state index in [1.54, 1.807) is 0 Å². The molecule has 2 unspecified atom stereocenters. The van der Waals surface area contributed by atoms with Crippen molar-refractivity contribution in [2.45, 2.75) is 51.7 Å². The minimum Gasteiger partial charge on any atom is -0.396 e. The Morgan fingerprint density at radius 3 is 2.88 bits per heavy atom. The topological polar surface area (TPSA) is 58.3 Å². The largest absolute Gasteiger partial charge is 0.396 e. The Labute approximate surface area is 96.9 Å². The summed E-state index contributed by atoms with van der Waals surface area (Å²) in [5, 5.41) is 22.8. The van der Waals surface area contributed by atoms with Gasteiger partial charge in [0.2, 0.25) is 0 Å². The predicted octanol–water partition coefficient (Wildman–Crippen LogP) is 1.53. The normalized spacial score (nSPS) is 15.0. The lowest BCUT2D eigenvalue weighted by Crippen LogP contribution is -2.12. The molecule has 0 aliphatic rings. The van der Waals surface area contributed by atoms with Gasteiger partial charge in [0.15, 0.2) is 0 Å². The zero-order valence-corrected chi connectivity index (χ0v) is 10.1. The van der Waals surface area contributed by atoms with Gasteiger partial charge in [-0.15, -0.1) is 0 Å². The van der Waals surface area contributed by atoms with E-state index in [2.05, 4.69) is 18.9 Å². The monoisotopic (exact) mass is 226 g/mol. The van der Waals surface area contributed by atoms with Crippen LogP contribution in [0.4, 0.5) is 0 Å². The van der Waals surface area contributed by atoms with Gasteiger partial charge in [-0.2, -0.15) is 5.10 Å². The summed E-state index contributed by atoms with van der Waals surface area (Å²) >= 11 is 0. The van der Waals surface area contributed by atoms with Gasteiger partial charge < -0.3 is 10.2 Å². The van der Waals surface area contributed by atoms with Crippen LogP contribution in [0.3, 0.4) is 0 Å². The van der Waals surface area contributed by atoms with E-state index in [0.717, 1.165) is 12.1 Å². The summed E-state index contributed by atoms with van der Waals surface area (Å²) in [5.41, 5.74) is 0.922. The number of aliphatic hydroxyl groups is 2. The number of hydrogen-bond donors (Lipinski definition) is 2. The molecule has 1 rings (SSSR count). The summed E-state index contributed by atoms with van der Waals surface area (Å²) in [6, 6.07) is 2.36. The highest BCUT2D eigenvalue weighted by Gasteiger charge is 2.09. The second-order valence-corrected chi connectivity index (χ2v) is 4.27. The van der Waals surface area contributed by atoms with E-state index in [4.69, 9.17) is 5.11 Å². The Bertz CT molecular complexity index is 299. The Balaban J connectivity index is 2.45. The molecule has 0 radical (unpaired) electrons. The first kappa shape index (κ1) is 13.2. The maximum Gasteiger partial charge on any atom is 0.0650 e. The molecule has 2 atom stereocenters. The van der Waals surface area contributed by atoms with Crippen molar-refractivity contribution >= 4 is 0 Å². The van der Waals surface area contributed by atoms with E-state index in [-0.39, 0.29) is 6.61 Å². The summed E-state index contributed by atoms with van der Waals surface area (Å²) in [6.07, 6.45) is 4.47. The maximum absolute atomic E-state index is 9.68. The maximum atomic E-state index is 9.68. The molecule has 16 heavy (non-hydrogen) atoms. The van der Waals surface area contributed by atoms with E-state index >= 15 is 0 Å². The fourth-order valence-corrected chi connectivity index (χ4v) is 1.59. The molecule has 1 aromatic heterocycles. The lowest BCUT2D eigenvalue weighted by Gasteiger charge is -2.09. The molecule has 0 bridgehead atoms. The molecule has 1 aromatic rings. The third-order valence-corrected chi connectivity index (χ3v) is 2.85. The van der Waals surface area contributed by atoms with E-state index < -0.39 is 6.10 Å². The molecule has 92 valence electrons. The van der Waals surface area contributed by atoms with Crippen LogP contribution < -0.4 is 0 Å². The third-order valence-electron chi connectivity index (χ3n) is 2.85. The first-order valence-corrected chi connectivity index (χ1v) is 6.00. The molecule has 0 amide bonds. The minimum absolute atomic E-state index is 0.137. The third kappa shape index (κ3) is 3.94. The van der Waals surface area contributed by atoms with Gasteiger partial charge in [0, 0.05) is 25.3 Å².